The largest absolute Gasteiger partial charge is 0.508 e. The van der Waals surface area contributed by atoms with E-state index >= 15 is 0 Å². The van der Waals surface area contributed by atoms with Gasteiger partial charge in [-0.05, 0) is 41.3 Å². The summed E-state index contributed by atoms with van der Waals surface area (Å²) in [5.41, 5.74) is 4.53. The summed E-state index contributed by atoms with van der Waals surface area (Å²) in [6.07, 6.45) is 0.119. The van der Waals surface area contributed by atoms with Gasteiger partial charge in [0.2, 0.25) is 5.91 Å². The number of fused-ring (bicyclic) bond motifs is 1. The van der Waals surface area contributed by atoms with Gasteiger partial charge in [0.05, 0.1) is 11.5 Å². The molecule has 37 heavy (non-hydrogen) atoms. The molecule has 1 amide bonds. The van der Waals surface area contributed by atoms with Crippen molar-refractivity contribution in [3.63, 3.8) is 0 Å². The van der Waals surface area contributed by atoms with Crippen LogP contribution in [-0.2, 0) is 27.2 Å². The Balaban J connectivity index is 1.65. The molecule has 1 aliphatic heterocycles. The minimum Gasteiger partial charge on any atom is -0.508 e. The first-order chi connectivity index (χ1) is 17.9. The highest BCUT2D eigenvalue weighted by atomic mass is 35.5. The second-order valence-corrected chi connectivity index (χ2v) is 9.60. The Morgan fingerprint density at radius 3 is 2.49 bits per heavy atom. The third kappa shape index (κ3) is 5.11. The lowest BCUT2D eigenvalue weighted by Gasteiger charge is -2.19. The van der Waals surface area contributed by atoms with Gasteiger partial charge in [-0.25, -0.2) is 4.79 Å². The molecule has 6 nitrogen and oxygen atoms in total. The minimum atomic E-state index is -0.766. The van der Waals surface area contributed by atoms with Crippen molar-refractivity contribution >= 4 is 34.4 Å². The monoisotopic (exact) mass is 514 g/mol. The summed E-state index contributed by atoms with van der Waals surface area (Å²) < 4.78 is 5.70. The molecule has 2 heterocycles. The van der Waals surface area contributed by atoms with Crippen molar-refractivity contribution in [2.75, 3.05) is 6.54 Å². The number of hydrogen-bond acceptors (Lipinski definition) is 4. The van der Waals surface area contributed by atoms with Gasteiger partial charge in [-0.1, -0.05) is 72.3 Å². The Labute approximate surface area is 219 Å². The lowest BCUT2D eigenvalue weighted by molar-refractivity contribution is -0.140. The molecular formula is C30H27ClN2O4. The van der Waals surface area contributed by atoms with E-state index in [2.05, 4.69) is 10.3 Å². The topological polar surface area (TPSA) is 91.4 Å². The standard InChI is InChI=1S/C30H27ClN2O4/c1-18(34)32-15-14-22-23-17-21(31)12-13-24(23)33-28(22)26(20-10-6-3-7-11-20)27-29(35)25(37-30(27)36)16-19-8-4-2-5-9-19/h2-13,17,25-26,33,35H,14-16H2,1H3,(H,32,34). The lowest BCUT2D eigenvalue weighted by Crippen LogP contribution is -2.23. The molecule has 1 aromatic heterocycles. The molecule has 0 saturated heterocycles. The molecule has 188 valence electrons. The number of carbonyl (C=O) groups excluding carboxylic acids is 2. The third-order valence-corrected chi connectivity index (χ3v) is 6.91. The number of aromatic amines is 1. The second kappa shape index (κ2) is 10.5. The van der Waals surface area contributed by atoms with E-state index in [4.69, 9.17) is 16.3 Å². The molecule has 1 aliphatic rings. The van der Waals surface area contributed by atoms with Gasteiger partial charge in [0.25, 0.3) is 0 Å². The molecule has 0 spiro atoms. The van der Waals surface area contributed by atoms with E-state index in [9.17, 15) is 14.7 Å². The number of esters is 1. The highest BCUT2D eigenvalue weighted by Gasteiger charge is 2.41. The first-order valence-electron chi connectivity index (χ1n) is 12.2. The molecule has 0 saturated carbocycles. The number of cyclic esters (lactones) is 1. The van der Waals surface area contributed by atoms with E-state index in [0.29, 0.717) is 24.4 Å². The van der Waals surface area contributed by atoms with Gasteiger partial charge in [-0.3, -0.25) is 4.79 Å². The molecule has 4 aromatic rings. The van der Waals surface area contributed by atoms with Crippen LogP contribution in [-0.4, -0.2) is 34.6 Å². The van der Waals surface area contributed by atoms with Gasteiger partial charge in [0.1, 0.15) is 5.76 Å². The molecule has 0 aliphatic carbocycles. The van der Waals surface area contributed by atoms with Crippen LogP contribution in [0.4, 0.5) is 0 Å². The van der Waals surface area contributed by atoms with Gasteiger partial charge >= 0.3 is 5.97 Å². The average Bonchev–Trinajstić information content (AvgIpc) is 3.37. The van der Waals surface area contributed by atoms with Crippen LogP contribution < -0.4 is 5.32 Å². The Morgan fingerprint density at radius 2 is 1.78 bits per heavy atom. The Morgan fingerprint density at radius 1 is 1.08 bits per heavy atom. The summed E-state index contributed by atoms with van der Waals surface area (Å²) in [6.45, 7) is 1.89. The molecule has 3 aromatic carbocycles. The first kappa shape index (κ1) is 24.7. The van der Waals surface area contributed by atoms with Crippen molar-refractivity contribution in [2.45, 2.75) is 31.8 Å². The highest BCUT2D eigenvalue weighted by Crippen LogP contribution is 2.42. The van der Waals surface area contributed by atoms with Crippen LogP contribution in [0.15, 0.2) is 90.2 Å². The van der Waals surface area contributed by atoms with Crippen LogP contribution in [0.5, 0.6) is 0 Å². The molecule has 0 radical (unpaired) electrons. The number of amides is 1. The summed E-state index contributed by atoms with van der Waals surface area (Å²) in [7, 11) is 0. The Kier molecular flexibility index (Phi) is 7.01. The predicted molar refractivity (Wildman–Crippen MR) is 144 cm³/mol. The summed E-state index contributed by atoms with van der Waals surface area (Å²) in [6, 6.07) is 24.8. The number of rotatable bonds is 8. The van der Waals surface area contributed by atoms with Crippen LogP contribution in [0.1, 0.15) is 35.2 Å². The van der Waals surface area contributed by atoms with Crippen LogP contribution in [0.3, 0.4) is 0 Å². The second-order valence-electron chi connectivity index (χ2n) is 9.17. The van der Waals surface area contributed by atoms with E-state index < -0.39 is 18.0 Å². The molecule has 2 atom stereocenters. The summed E-state index contributed by atoms with van der Waals surface area (Å²) in [5.74, 6) is -1.33. The molecule has 0 bridgehead atoms. The van der Waals surface area contributed by atoms with Crippen molar-refractivity contribution in [1.82, 2.24) is 10.3 Å². The maximum Gasteiger partial charge on any atom is 0.339 e. The van der Waals surface area contributed by atoms with E-state index in [1.165, 1.54) is 6.92 Å². The zero-order chi connectivity index (χ0) is 25.9. The number of carbonyl (C=O) groups is 2. The fourth-order valence-corrected chi connectivity index (χ4v) is 5.17. The number of H-pyrrole nitrogens is 1. The fraction of sp³-hybridized carbons (Fsp3) is 0.200. The summed E-state index contributed by atoms with van der Waals surface area (Å²) in [5, 5.41) is 15.7. The predicted octanol–water partition coefficient (Wildman–Crippen LogP) is 5.61. The SMILES string of the molecule is CC(=O)NCCc1c(C(C2=C(O)C(Cc3ccccc3)OC2=O)c2ccccc2)[nH]c2ccc(Cl)cc12. The summed E-state index contributed by atoms with van der Waals surface area (Å²) in [4.78, 5) is 28.4. The third-order valence-electron chi connectivity index (χ3n) is 6.67. The summed E-state index contributed by atoms with van der Waals surface area (Å²) >= 11 is 6.34. The fourth-order valence-electron chi connectivity index (χ4n) is 5.00. The molecule has 7 heteroatoms. The van der Waals surface area contributed by atoms with Crippen molar-refractivity contribution in [3.05, 3.63) is 118 Å². The number of benzene rings is 3. The number of aromatic nitrogens is 1. The van der Waals surface area contributed by atoms with Crippen LogP contribution in [0, 0.1) is 0 Å². The average molecular weight is 515 g/mol. The zero-order valence-corrected chi connectivity index (χ0v) is 21.1. The number of nitrogens with one attached hydrogen (secondary N) is 2. The van der Waals surface area contributed by atoms with Crippen molar-refractivity contribution in [1.29, 1.82) is 0 Å². The van der Waals surface area contributed by atoms with Gasteiger partial charge < -0.3 is 20.1 Å². The number of aliphatic hydroxyl groups is 1. The van der Waals surface area contributed by atoms with E-state index in [1.807, 2.05) is 72.8 Å². The van der Waals surface area contributed by atoms with Crippen molar-refractivity contribution in [3.8, 4) is 0 Å². The number of hydrogen-bond donors (Lipinski definition) is 3. The zero-order valence-electron chi connectivity index (χ0n) is 20.3. The van der Waals surface area contributed by atoms with Crippen molar-refractivity contribution < 1.29 is 19.4 Å². The van der Waals surface area contributed by atoms with E-state index in [0.717, 1.165) is 33.3 Å². The van der Waals surface area contributed by atoms with E-state index in [1.54, 1.807) is 6.07 Å². The normalized spacial score (nSPS) is 16.2. The van der Waals surface area contributed by atoms with Crippen LogP contribution in [0.25, 0.3) is 10.9 Å². The van der Waals surface area contributed by atoms with Gasteiger partial charge in [0, 0.05) is 41.5 Å². The molecule has 0 fully saturated rings. The Bertz CT molecular complexity index is 1480. The molecule has 2 unspecified atom stereocenters. The van der Waals surface area contributed by atoms with Crippen LogP contribution in [0.2, 0.25) is 5.02 Å². The van der Waals surface area contributed by atoms with Crippen LogP contribution >= 0.6 is 11.6 Å². The molecular weight excluding hydrogens is 488 g/mol. The number of aliphatic hydroxyl groups excluding tert-OH is 1. The van der Waals surface area contributed by atoms with Gasteiger partial charge in [-0.2, -0.15) is 0 Å². The minimum absolute atomic E-state index is 0.0628. The number of ether oxygens (including phenoxy) is 1. The van der Waals surface area contributed by atoms with E-state index in [-0.39, 0.29) is 17.2 Å². The maximum absolute atomic E-state index is 13.3. The highest BCUT2D eigenvalue weighted by molar-refractivity contribution is 6.31. The smallest absolute Gasteiger partial charge is 0.339 e. The molecule has 3 N–H and O–H groups in total. The van der Waals surface area contributed by atoms with Gasteiger partial charge in [0.15, 0.2) is 6.10 Å². The van der Waals surface area contributed by atoms with Gasteiger partial charge in [-0.15, -0.1) is 0 Å². The lowest BCUT2D eigenvalue weighted by atomic mass is 9.84. The molecule has 5 rings (SSSR count). The Hall–Kier alpha value is -4.03. The maximum atomic E-state index is 13.3. The number of halogens is 1. The first-order valence-corrected chi connectivity index (χ1v) is 12.6. The van der Waals surface area contributed by atoms with Crippen molar-refractivity contribution in [2.24, 2.45) is 0 Å². The quantitative estimate of drug-likeness (QED) is 0.266.